The maximum atomic E-state index is 12.6. The third kappa shape index (κ3) is 4.27. The number of hydrogen-bond acceptors (Lipinski definition) is 6. The van der Waals surface area contributed by atoms with Crippen LogP contribution in [0.15, 0.2) is 68.3 Å². The third-order valence-electron chi connectivity index (χ3n) is 4.99. The maximum Gasteiger partial charge on any atom is 0.336 e. The van der Waals surface area contributed by atoms with Crippen LogP contribution in [0.4, 0.5) is 0 Å². The second-order valence-corrected chi connectivity index (χ2v) is 7.74. The van der Waals surface area contributed by atoms with Crippen LogP contribution in [0.3, 0.4) is 0 Å². The lowest BCUT2D eigenvalue weighted by Crippen LogP contribution is -2.10. The molecule has 3 aromatic carbocycles. The van der Waals surface area contributed by atoms with E-state index in [0.29, 0.717) is 32.7 Å². The lowest BCUT2D eigenvalue weighted by Gasteiger charge is -2.12. The molecule has 158 valence electrons. The molecule has 4 aromatic rings. The molecule has 4 rings (SSSR count). The van der Waals surface area contributed by atoms with Gasteiger partial charge in [0.25, 0.3) is 0 Å². The highest BCUT2D eigenvalue weighted by Gasteiger charge is 2.15. The average molecular weight is 483 g/mol. The van der Waals surface area contributed by atoms with E-state index in [9.17, 15) is 9.59 Å². The number of benzene rings is 3. The zero-order chi connectivity index (χ0) is 22.0. The zero-order valence-electron chi connectivity index (χ0n) is 16.9. The van der Waals surface area contributed by atoms with Crippen LogP contribution in [0.2, 0.25) is 0 Å². The number of halogens is 1. The summed E-state index contributed by atoms with van der Waals surface area (Å²) in [5.41, 5.74) is 1.27. The number of carbonyl (C=O) groups is 1. The smallest absolute Gasteiger partial charge is 0.336 e. The van der Waals surface area contributed by atoms with Crippen LogP contribution in [0.25, 0.3) is 21.7 Å². The molecule has 0 aliphatic rings. The van der Waals surface area contributed by atoms with Crippen molar-refractivity contribution >= 4 is 43.6 Å². The van der Waals surface area contributed by atoms with E-state index in [2.05, 4.69) is 15.9 Å². The van der Waals surface area contributed by atoms with Gasteiger partial charge >= 0.3 is 11.6 Å². The van der Waals surface area contributed by atoms with Crippen LogP contribution >= 0.6 is 15.9 Å². The van der Waals surface area contributed by atoms with Crippen molar-refractivity contribution in [2.75, 3.05) is 14.2 Å². The molecule has 0 saturated carbocycles. The Hall–Kier alpha value is -3.32. The first-order chi connectivity index (χ1) is 15.0. The molecule has 0 radical (unpaired) electrons. The van der Waals surface area contributed by atoms with Crippen molar-refractivity contribution < 1.29 is 23.4 Å². The molecule has 0 aliphatic carbocycles. The summed E-state index contributed by atoms with van der Waals surface area (Å²) < 4.78 is 22.1. The lowest BCUT2D eigenvalue weighted by molar-refractivity contribution is -0.144. The molecule has 0 fully saturated rings. The summed E-state index contributed by atoms with van der Waals surface area (Å²) in [5.74, 6) is 0.641. The van der Waals surface area contributed by atoms with Gasteiger partial charge in [-0.1, -0.05) is 46.3 Å². The molecule has 0 bridgehead atoms. The minimum Gasteiger partial charge on any atom is -0.493 e. The molecule has 7 heteroatoms. The SMILES string of the molecule is COc1cc(Br)c(CC(=O)OCc2cc(=O)oc3ccc4ccccc4c23)cc1OC. The van der Waals surface area contributed by atoms with E-state index in [1.807, 2.05) is 30.3 Å². The van der Waals surface area contributed by atoms with Gasteiger partial charge in [-0.05, 0) is 34.5 Å². The second kappa shape index (κ2) is 8.81. The number of rotatable bonds is 6. The van der Waals surface area contributed by atoms with Gasteiger partial charge in [-0.25, -0.2) is 4.79 Å². The van der Waals surface area contributed by atoms with Gasteiger partial charge in [0, 0.05) is 21.5 Å². The van der Waals surface area contributed by atoms with Crippen molar-refractivity contribution in [2.45, 2.75) is 13.0 Å². The van der Waals surface area contributed by atoms with Gasteiger partial charge in [-0.3, -0.25) is 4.79 Å². The lowest BCUT2D eigenvalue weighted by atomic mass is 10.0. The Morgan fingerprint density at radius 2 is 1.71 bits per heavy atom. The van der Waals surface area contributed by atoms with Crippen LogP contribution in [-0.4, -0.2) is 20.2 Å². The summed E-state index contributed by atoms with van der Waals surface area (Å²) in [6.45, 7) is -0.0418. The van der Waals surface area contributed by atoms with E-state index < -0.39 is 11.6 Å². The summed E-state index contributed by atoms with van der Waals surface area (Å²) in [4.78, 5) is 24.6. The first-order valence-electron chi connectivity index (χ1n) is 9.50. The van der Waals surface area contributed by atoms with Gasteiger partial charge in [0.2, 0.25) is 0 Å². The van der Waals surface area contributed by atoms with Gasteiger partial charge in [-0.15, -0.1) is 0 Å². The predicted molar refractivity (Wildman–Crippen MR) is 121 cm³/mol. The Balaban J connectivity index is 1.60. The number of esters is 1. The highest BCUT2D eigenvalue weighted by molar-refractivity contribution is 9.10. The monoisotopic (exact) mass is 482 g/mol. The Kier molecular flexibility index (Phi) is 5.95. The van der Waals surface area contributed by atoms with Crippen molar-refractivity contribution in [3.05, 3.63) is 80.6 Å². The van der Waals surface area contributed by atoms with Crippen LogP contribution in [0.1, 0.15) is 11.1 Å². The van der Waals surface area contributed by atoms with Crippen molar-refractivity contribution in [1.29, 1.82) is 0 Å². The maximum absolute atomic E-state index is 12.6. The van der Waals surface area contributed by atoms with Crippen LogP contribution in [-0.2, 0) is 22.6 Å². The summed E-state index contributed by atoms with van der Waals surface area (Å²) in [7, 11) is 3.08. The van der Waals surface area contributed by atoms with E-state index >= 15 is 0 Å². The fraction of sp³-hybridized carbons (Fsp3) is 0.167. The Bertz CT molecular complexity index is 1340. The number of carbonyl (C=O) groups excluding carboxylic acids is 1. The first kappa shape index (κ1) is 20.9. The van der Waals surface area contributed by atoms with Crippen molar-refractivity contribution in [3.63, 3.8) is 0 Å². The molecule has 31 heavy (non-hydrogen) atoms. The highest BCUT2D eigenvalue weighted by atomic mass is 79.9. The number of ether oxygens (including phenoxy) is 3. The molecular weight excluding hydrogens is 464 g/mol. The molecule has 0 amide bonds. The Morgan fingerprint density at radius 3 is 2.48 bits per heavy atom. The number of fused-ring (bicyclic) bond motifs is 3. The van der Waals surface area contributed by atoms with Crippen molar-refractivity contribution in [1.82, 2.24) is 0 Å². The molecule has 0 unspecified atom stereocenters. The van der Waals surface area contributed by atoms with E-state index in [0.717, 1.165) is 16.2 Å². The van der Waals surface area contributed by atoms with Gasteiger partial charge in [0.15, 0.2) is 11.5 Å². The molecule has 6 nitrogen and oxygen atoms in total. The fourth-order valence-electron chi connectivity index (χ4n) is 3.53. The van der Waals surface area contributed by atoms with Crippen molar-refractivity contribution in [2.24, 2.45) is 0 Å². The van der Waals surface area contributed by atoms with Crippen molar-refractivity contribution in [3.8, 4) is 11.5 Å². The Labute approximate surface area is 186 Å². The molecular formula is C24H19BrO6. The van der Waals surface area contributed by atoms with Gasteiger partial charge in [0.05, 0.1) is 20.6 Å². The summed E-state index contributed by atoms with van der Waals surface area (Å²) in [6.07, 6.45) is 0.0288. The standard InChI is InChI=1S/C24H19BrO6/c1-28-20-9-15(18(25)12-21(20)29-2)10-22(26)30-13-16-11-23(27)31-19-8-7-14-5-3-4-6-17(14)24(16)19/h3-9,11-12H,10,13H2,1-2H3. The number of methoxy groups -OCH3 is 2. The van der Waals surface area contributed by atoms with Crippen LogP contribution < -0.4 is 15.1 Å². The van der Waals surface area contributed by atoms with Crippen LogP contribution in [0, 0.1) is 0 Å². The summed E-state index contributed by atoms with van der Waals surface area (Å²) >= 11 is 3.45. The molecule has 0 spiro atoms. The topological polar surface area (TPSA) is 75.0 Å². The molecule has 0 saturated heterocycles. The second-order valence-electron chi connectivity index (χ2n) is 6.89. The van der Waals surface area contributed by atoms with E-state index in [-0.39, 0.29) is 13.0 Å². The predicted octanol–water partition coefficient (Wildman–Crippen LogP) is 5.01. The summed E-state index contributed by atoms with van der Waals surface area (Å²) in [6, 6.07) is 16.3. The summed E-state index contributed by atoms with van der Waals surface area (Å²) in [5, 5.41) is 2.70. The van der Waals surface area contributed by atoms with Gasteiger partial charge in [0.1, 0.15) is 12.2 Å². The minimum atomic E-state index is -0.489. The largest absolute Gasteiger partial charge is 0.493 e. The normalized spacial score (nSPS) is 10.9. The van der Waals surface area contributed by atoms with E-state index in [4.69, 9.17) is 18.6 Å². The van der Waals surface area contributed by atoms with Gasteiger partial charge < -0.3 is 18.6 Å². The third-order valence-corrected chi connectivity index (χ3v) is 5.73. The highest BCUT2D eigenvalue weighted by Crippen LogP contribution is 2.34. The first-order valence-corrected chi connectivity index (χ1v) is 10.3. The van der Waals surface area contributed by atoms with E-state index in [1.54, 1.807) is 25.3 Å². The number of hydrogen-bond donors (Lipinski definition) is 0. The molecule has 0 N–H and O–H groups in total. The van der Waals surface area contributed by atoms with Crippen LogP contribution in [0.5, 0.6) is 11.5 Å². The average Bonchev–Trinajstić information content (AvgIpc) is 2.78. The minimum absolute atomic E-state index is 0.0288. The zero-order valence-corrected chi connectivity index (χ0v) is 18.5. The quantitative estimate of drug-likeness (QED) is 0.218. The Morgan fingerprint density at radius 1 is 0.968 bits per heavy atom. The molecule has 0 aliphatic heterocycles. The molecule has 1 heterocycles. The molecule has 1 aromatic heterocycles. The molecule has 0 atom stereocenters. The fourth-order valence-corrected chi connectivity index (χ4v) is 3.99. The van der Waals surface area contributed by atoms with E-state index in [1.165, 1.54) is 13.2 Å². The van der Waals surface area contributed by atoms with Gasteiger partial charge in [-0.2, -0.15) is 0 Å².